The summed E-state index contributed by atoms with van der Waals surface area (Å²) in [7, 11) is 0. The zero-order chi connectivity index (χ0) is 8.97. The quantitative estimate of drug-likeness (QED) is 0.804. The monoisotopic (exact) mass is 245 g/mol. The SMILES string of the molecule is C=C(C)CNCc1sccc1Br. The highest BCUT2D eigenvalue weighted by Crippen LogP contribution is 2.21. The second-order valence-corrected chi connectivity index (χ2v) is 4.61. The van der Waals surface area contributed by atoms with Crippen molar-refractivity contribution in [3.8, 4) is 0 Å². The Morgan fingerprint density at radius 2 is 2.50 bits per heavy atom. The maximum atomic E-state index is 3.83. The van der Waals surface area contributed by atoms with Crippen LogP contribution in [0.5, 0.6) is 0 Å². The van der Waals surface area contributed by atoms with Crippen LogP contribution in [0.4, 0.5) is 0 Å². The van der Waals surface area contributed by atoms with Gasteiger partial charge in [0.05, 0.1) is 0 Å². The molecular weight excluding hydrogens is 234 g/mol. The minimum Gasteiger partial charge on any atom is -0.308 e. The fourth-order valence-electron chi connectivity index (χ4n) is 0.841. The van der Waals surface area contributed by atoms with Gasteiger partial charge in [-0.05, 0) is 34.3 Å². The Kier molecular flexibility index (Phi) is 3.98. The van der Waals surface area contributed by atoms with Crippen molar-refractivity contribution in [2.45, 2.75) is 13.5 Å². The Morgan fingerprint density at radius 1 is 1.75 bits per heavy atom. The van der Waals surface area contributed by atoms with Crippen LogP contribution in [0.25, 0.3) is 0 Å². The van der Waals surface area contributed by atoms with E-state index in [4.69, 9.17) is 0 Å². The molecule has 0 aliphatic rings. The lowest BCUT2D eigenvalue weighted by atomic mass is 10.3. The largest absolute Gasteiger partial charge is 0.308 e. The Bertz CT molecular complexity index is 267. The lowest BCUT2D eigenvalue weighted by molar-refractivity contribution is 0.748. The Morgan fingerprint density at radius 3 is 3.00 bits per heavy atom. The normalized spacial score (nSPS) is 10.2. The van der Waals surface area contributed by atoms with Gasteiger partial charge in [0, 0.05) is 22.4 Å². The van der Waals surface area contributed by atoms with Crippen molar-refractivity contribution < 1.29 is 0 Å². The molecule has 0 amide bonds. The van der Waals surface area contributed by atoms with Crippen molar-refractivity contribution in [1.82, 2.24) is 5.32 Å². The molecule has 1 aromatic heterocycles. The molecule has 66 valence electrons. The summed E-state index contributed by atoms with van der Waals surface area (Å²) in [6.45, 7) is 7.66. The van der Waals surface area contributed by atoms with E-state index in [9.17, 15) is 0 Å². The van der Waals surface area contributed by atoms with E-state index >= 15 is 0 Å². The lowest BCUT2D eigenvalue weighted by Crippen LogP contribution is -2.14. The topological polar surface area (TPSA) is 12.0 Å². The van der Waals surface area contributed by atoms with E-state index in [1.165, 1.54) is 14.9 Å². The molecule has 1 nitrogen and oxygen atoms in total. The molecule has 0 unspecified atom stereocenters. The molecule has 1 N–H and O–H groups in total. The summed E-state index contributed by atoms with van der Waals surface area (Å²) in [6, 6.07) is 2.07. The molecule has 0 atom stereocenters. The van der Waals surface area contributed by atoms with Crippen LogP contribution < -0.4 is 5.32 Å². The van der Waals surface area contributed by atoms with Gasteiger partial charge in [0.2, 0.25) is 0 Å². The van der Waals surface area contributed by atoms with Gasteiger partial charge < -0.3 is 5.32 Å². The van der Waals surface area contributed by atoms with E-state index in [-0.39, 0.29) is 0 Å². The molecule has 12 heavy (non-hydrogen) atoms. The molecule has 0 spiro atoms. The summed E-state index contributed by atoms with van der Waals surface area (Å²) in [4.78, 5) is 1.34. The van der Waals surface area contributed by atoms with Crippen LogP contribution in [0.3, 0.4) is 0 Å². The van der Waals surface area contributed by atoms with Gasteiger partial charge in [-0.25, -0.2) is 0 Å². The molecular formula is C9H12BrNS. The molecule has 0 saturated carbocycles. The third-order valence-electron chi connectivity index (χ3n) is 1.40. The first kappa shape index (κ1) is 9.96. The summed E-state index contributed by atoms with van der Waals surface area (Å²) >= 11 is 5.24. The van der Waals surface area contributed by atoms with Crippen LogP contribution in [-0.2, 0) is 6.54 Å². The average Bonchev–Trinajstić information content (AvgIpc) is 2.36. The smallest absolute Gasteiger partial charge is 0.0327 e. The first-order valence-electron chi connectivity index (χ1n) is 3.77. The van der Waals surface area contributed by atoms with E-state index in [1.54, 1.807) is 11.3 Å². The molecule has 0 aliphatic heterocycles. The van der Waals surface area contributed by atoms with Gasteiger partial charge in [0.1, 0.15) is 0 Å². The minimum absolute atomic E-state index is 0.893. The average molecular weight is 246 g/mol. The van der Waals surface area contributed by atoms with Crippen molar-refractivity contribution >= 4 is 27.3 Å². The van der Waals surface area contributed by atoms with Gasteiger partial charge in [-0.3, -0.25) is 0 Å². The Labute approximate surface area is 85.6 Å². The molecule has 1 aromatic rings. The maximum Gasteiger partial charge on any atom is 0.0327 e. The summed E-state index contributed by atoms with van der Waals surface area (Å²) in [5.41, 5.74) is 1.17. The predicted molar refractivity (Wildman–Crippen MR) is 58.5 cm³/mol. The van der Waals surface area contributed by atoms with Crippen molar-refractivity contribution in [2.75, 3.05) is 6.54 Å². The van der Waals surface area contributed by atoms with E-state index in [2.05, 4.69) is 39.3 Å². The van der Waals surface area contributed by atoms with Crippen molar-refractivity contribution in [3.63, 3.8) is 0 Å². The number of hydrogen-bond donors (Lipinski definition) is 1. The first-order chi connectivity index (χ1) is 5.70. The lowest BCUT2D eigenvalue weighted by Gasteiger charge is -2.01. The molecule has 3 heteroatoms. The van der Waals surface area contributed by atoms with Crippen molar-refractivity contribution in [3.05, 3.63) is 32.9 Å². The van der Waals surface area contributed by atoms with E-state index < -0.39 is 0 Å². The fraction of sp³-hybridized carbons (Fsp3) is 0.333. The van der Waals surface area contributed by atoms with E-state index in [0.717, 1.165) is 13.1 Å². The van der Waals surface area contributed by atoms with Gasteiger partial charge >= 0.3 is 0 Å². The highest BCUT2D eigenvalue weighted by molar-refractivity contribution is 9.10. The van der Waals surface area contributed by atoms with Crippen LogP contribution in [0.2, 0.25) is 0 Å². The summed E-state index contributed by atoms with van der Waals surface area (Å²) < 4.78 is 1.20. The van der Waals surface area contributed by atoms with Crippen LogP contribution in [-0.4, -0.2) is 6.54 Å². The molecule has 0 fully saturated rings. The van der Waals surface area contributed by atoms with Crippen LogP contribution >= 0.6 is 27.3 Å². The van der Waals surface area contributed by atoms with E-state index in [1.807, 2.05) is 6.92 Å². The summed E-state index contributed by atoms with van der Waals surface area (Å²) in [6.07, 6.45) is 0. The molecule has 0 aliphatic carbocycles. The highest BCUT2D eigenvalue weighted by atomic mass is 79.9. The summed E-state index contributed by atoms with van der Waals surface area (Å²) in [5, 5.41) is 5.39. The third-order valence-corrected chi connectivity index (χ3v) is 3.33. The van der Waals surface area contributed by atoms with Gasteiger partial charge in [-0.2, -0.15) is 0 Å². The number of thiophene rings is 1. The standard InChI is InChI=1S/C9H12BrNS/c1-7(2)5-11-6-9-8(10)3-4-12-9/h3-4,11H,1,5-6H2,2H3. The minimum atomic E-state index is 0.893. The number of nitrogens with one attached hydrogen (secondary N) is 1. The zero-order valence-corrected chi connectivity index (χ0v) is 9.46. The second-order valence-electron chi connectivity index (χ2n) is 2.75. The Balaban J connectivity index is 2.33. The van der Waals surface area contributed by atoms with Gasteiger partial charge in [0.25, 0.3) is 0 Å². The van der Waals surface area contributed by atoms with Crippen molar-refractivity contribution in [1.29, 1.82) is 0 Å². The second kappa shape index (κ2) is 4.80. The molecule has 1 rings (SSSR count). The van der Waals surface area contributed by atoms with Crippen LogP contribution in [0.15, 0.2) is 28.1 Å². The van der Waals surface area contributed by atoms with Gasteiger partial charge in [-0.15, -0.1) is 11.3 Å². The Hall–Kier alpha value is -0.120. The fourth-order valence-corrected chi connectivity index (χ4v) is 2.30. The molecule has 0 bridgehead atoms. The first-order valence-corrected chi connectivity index (χ1v) is 5.44. The highest BCUT2D eigenvalue weighted by Gasteiger charge is 1.99. The summed E-state index contributed by atoms with van der Waals surface area (Å²) in [5.74, 6) is 0. The number of rotatable bonds is 4. The predicted octanol–water partition coefficient (Wildman–Crippen LogP) is 3.18. The van der Waals surface area contributed by atoms with Crippen LogP contribution in [0.1, 0.15) is 11.8 Å². The van der Waals surface area contributed by atoms with E-state index in [0.29, 0.717) is 0 Å². The molecule has 0 radical (unpaired) electrons. The zero-order valence-electron chi connectivity index (χ0n) is 7.06. The molecule has 0 aromatic carbocycles. The van der Waals surface area contributed by atoms with Crippen LogP contribution in [0, 0.1) is 0 Å². The van der Waals surface area contributed by atoms with Crippen molar-refractivity contribution in [2.24, 2.45) is 0 Å². The van der Waals surface area contributed by atoms with Gasteiger partial charge in [0.15, 0.2) is 0 Å². The maximum absolute atomic E-state index is 3.83. The molecule has 1 heterocycles. The third kappa shape index (κ3) is 3.09. The number of halogens is 1. The molecule has 0 saturated heterocycles. The number of hydrogen-bond acceptors (Lipinski definition) is 2. The van der Waals surface area contributed by atoms with Gasteiger partial charge in [-0.1, -0.05) is 12.2 Å².